The van der Waals surface area contributed by atoms with Crippen molar-refractivity contribution >= 4 is 11.8 Å². The van der Waals surface area contributed by atoms with E-state index in [-0.39, 0.29) is 6.54 Å². The van der Waals surface area contributed by atoms with Crippen LogP contribution in [0.5, 0.6) is 0 Å². The largest absolute Gasteiger partial charge is 0.266 e. The van der Waals surface area contributed by atoms with Gasteiger partial charge in [-0.05, 0) is 11.6 Å². The summed E-state index contributed by atoms with van der Waals surface area (Å²) in [5.41, 5.74) is 1.20. The van der Waals surface area contributed by atoms with E-state index in [4.69, 9.17) is 0 Å². The van der Waals surface area contributed by atoms with Crippen LogP contribution in [0.3, 0.4) is 0 Å². The third kappa shape index (κ3) is 3.85. The molecule has 0 unspecified atom stereocenters. The lowest BCUT2D eigenvalue weighted by Gasteiger charge is -2.00. The van der Waals surface area contributed by atoms with Gasteiger partial charge in [-0.15, -0.1) is 0 Å². The maximum Gasteiger partial charge on any atom is 0.257 e. The Kier molecular flexibility index (Phi) is 4.14. The number of alkyl halides is 2. The quantitative estimate of drug-likeness (QED) is 0.761. The van der Waals surface area contributed by atoms with Gasteiger partial charge in [0.05, 0.1) is 0 Å². The lowest BCUT2D eigenvalue weighted by Crippen LogP contribution is -2.06. The monoisotopic (exact) mass is 254 g/mol. The maximum absolute atomic E-state index is 12.1. The summed E-state index contributed by atoms with van der Waals surface area (Å²) in [7, 11) is 0. The lowest BCUT2D eigenvalue weighted by atomic mass is 10.2. The Morgan fingerprint density at radius 3 is 2.65 bits per heavy atom. The number of hydrogen-bond donors (Lipinski definition) is 0. The van der Waals surface area contributed by atoms with Crippen LogP contribution in [0.25, 0.3) is 0 Å². The molecule has 0 aliphatic heterocycles. The highest BCUT2D eigenvalue weighted by Crippen LogP contribution is 2.20. The molecule has 0 saturated heterocycles. The molecule has 0 fully saturated rings. The number of rotatable bonds is 5. The summed E-state index contributed by atoms with van der Waals surface area (Å²) in [5.74, 6) is 0.798. The summed E-state index contributed by atoms with van der Waals surface area (Å²) in [6.07, 6.45) is -0.777. The molecule has 2 aromatic rings. The van der Waals surface area contributed by atoms with Crippen molar-refractivity contribution in [3.63, 3.8) is 0 Å². The zero-order chi connectivity index (χ0) is 12.1. The number of thioether (sulfide) groups is 1. The second-order valence-electron chi connectivity index (χ2n) is 3.54. The summed E-state index contributed by atoms with van der Waals surface area (Å²) in [6.45, 7) is -0.341. The Morgan fingerprint density at radius 2 is 1.94 bits per heavy atom. The SMILES string of the molecule is FC(F)Cn1ccc(SCc2ccccc2)n1. The molecule has 5 heteroatoms. The summed E-state index contributed by atoms with van der Waals surface area (Å²) < 4.78 is 25.5. The van der Waals surface area contributed by atoms with Crippen LogP contribution in [-0.4, -0.2) is 16.2 Å². The molecule has 0 spiro atoms. The number of benzene rings is 1. The van der Waals surface area contributed by atoms with E-state index in [1.165, 1.54) is 10.2 Å². The van der Waals surface area contributed by atoms with Gasteiger partial charge in [0, 0.05) is 11.9 Å². The molecule has 1 heterocycles. The Labute approximate surface area is 103 Å². The van der Waals surface area contributed by atoms with Gasteiger partial charge in [-0.2, -0.15) is 5.10 Å². The third-order valence-corrected chi connectivity index (χ3v) is 3.16. The van der Waals surface area contributed by atoms with Gasteiger partial charge in [-0.1, -0.05) is 42.1 Å². The molecule has 0 atom stereocenters. The van der Waals surface area contributed by atoms with Crippen molar-refractivity contribution in [2.45, 2.75) is 23.7 Å². The second kappa shape index (κ2) is 5.82. The van der Waals surface area contributed by atoms with Crippen molar-refractivity contribution in [1.29, 1.82) is 0 Å². The molecule has 90 valence electrons. The van der Waals surface area contributed by atoms with Gasteiger partial charge >= 0.3 is 0 Å². The molecule has 0 bridgehead atoms. The van der Waals surface area contributed by atoms with Crippen LogP contribution in [0.1, 0.15) is 5.56 Å². The van der Waals surface area contributed by atoms with Crippen molar-refractivity contribution in [2.75, 3.05) is 0 Å². The van der Waals surface area contributed by atoms with E-state index < -0.39 is 6.43 Å². The highest BCUT2D eigenvalue weighted by atomic mass is 32.2. The average Bonchev–Trinajstić information content (AvgIpc) is 2.75. The Hall–Kier alpha value is -1.36. The van der Waals surface area contributed by atoms with Gasteiger partial charge in [0.15, 0.2) is 0 Å². The van der Waals surface area contributed by atoms with Crippen LogP contribution >= 0.6 is 11.8 Å². The van der Waals surface area contributed by atoms with Crippen molar-refractivity contribution in [1.82, 2.24) is 9.78 Å². The minimum atomic E-state index is -2.36. The third-order valence-electron chi connectivity index (χ3n) is 2.17. The smallest absolute Gasteiger partial charge is 0.257 e. The molecule has 0 saturated carbocycles. The molecular formula is C12H12F2N2S. The van der Waals surface area contributed by atoms with Crippen LogP contribution in [0.4, 0.5) is 8.78 Å². The number of aromatic nitrogens is 2. The van der Waals surface area contributed by atoms with Crippen LogP contribution in [-0.2, 0) is 12.3 Å². The summed E-state index contributed by atoms with van der Waals surface area (Å²) >= 11 is 1.54. The van der Waals surface area contributed by atoms with Gasteiger partial charge < -0.3 is 0 Å². The minimum absolute atomic E-state index is 0.341. The van der Waals surface area contributed by atoms with Crippen LogP contribution in [0.2, 0.25) is 0 Å². The fourth-order valence-corrected chi connectivity index (χ4v) is 2.22. The fraction of sp³-hybridized carbons (Fsp3) is 0.250. The fourth-order valence-electron chi connectivity index (χ4n) is 1.39. The number of hydrogen-bond acceptors (Lipinski definition) is 2. The first-order valence-corrected chi connectivity index (χ1v) is 6.21. The maximum atomic E-state index is 12.1. The molecular weight excluding hydrogens is 242 g/mol. The Morgan fingerprint density at radius 1 is 1.18 bits per heavy atom. The molecule has 17 heavy (non-hydrogen) atoms. The Bertz CT molecular complexity index is 457. The van der Waals surface area contributed by atoms with E-state index in [1.807, 2.05) is 30.3 Å². The molecule has 1 aromatic carbocycles. The Balaban J connectivity index is 1.89. The van der Waals surface area contributed by atoms with E-state index in [0.717, 1.165) is 10.8 Å². The normalized spacial score (nSPS) is 11.0. The average molecular weight is 254 g/mol. The summed E-state index contributed by atoms with van der Waals surface area (Å²) in [5, 5.41) is 4.84. The van der Waals surface area contributed by atoms with Crippen molar-refractivity contribution < 1.29 is 8.78 Å². The van der Waals surface area contributed by atoms with Crippen molar-refractivity contribution in [2.24, 2.45) is 0 Å². The predicted molar refractivity (Wildman–Crippen MR) is 64.2 cm³/mol. The predicted octanol–water partition coefficient (Wildman–Crippen LogP) is 3.44. The highest BCUT2D eigenvalue weighted by molar-refractivity contribution is 7.98. The molecule has 0 N–H and O–H groups in total. The van der Waals surface area contributed by atoms with Crippen molar-refractivity contribution in [3.05, 3.63) is 48.2 Å². The van der Waals surface area contributed by atoms with Gasteiger partial charge in [-0.3, -0.25) is 4.68 Å². The standard InChI is InChI=1S/C12H12F2N2S/c13-11(14)8-16-7-6-12(15-16)17-9-10-4-2-1-3-5-10/h1-7,11H,8-9H2. The van der Waals surface area contributed by atoms with Gasteiger partial charge in [0.25, 0.3) is 6.43 Å². The number of nitrogens with zero attached hydrogens (tertiary/aromatic N) is 2. The van der Waals surface area contributed by atoms with Gasteiger partial charge in [0.2, 0.25) is 0 Å². The van der Waals surface area contributed by atoms with E-state index >= 15 is 0 Å². The number of halogens is 2. The van der Waals surface area contributed by atoms with E-state index in [1.54, 1.807) is 24.0 Å². The van der Waals surface area contributed by atoms with E-state index in [2.05, 4.69) is 5.10 Å². The minimum Gasteiger partial charge on any atom is -0.266 e. The van der Waals surface area contributed by atoms with Crippen LogP contribution in [0.15, 0.2) is 47.6 Å². The van der Waals surface area contributed by atoms with Gasteiger partial charge in [-0.25, -0.2) is 8.78 Å². The highest BCUT2D eigenvalue weighted by Gasteiger charge is 2.06. The molecule has 0 aliphatic rings. The first-order valence-electron chi connectivity index (χ1n) is 5.22. The van der Waals surface area contributed by atoms with Crippen LogP contribution in [0, 0.1) is 0 Å². The lowest BCUT2D eigenvalue weighted by molar-refractivity contribution is 0.121. The molecule has 1 aromatic heterocycles. The first-order chi connectivity index (χ1) is 8.24. The van der Waals surface area contributed by atoms with Gasteiger partial charge in [0.1, 0.15) is 11.6 Å². The molecule has 0 aliphatic carbocycles. The zero-order valence-electron chi connectivity index (χ0n) is 9.09. The van der Waals surface area contributed by atoms with E-state index in [9.17, 15) is 8.78 Å². The van der Waals surface area contributed by atoms with Crippen molar-refractivity contribution in [3.8, 4) is 0 Å². The first kappa shape index (κ1) is 12.1. The molecule has 2 rings (SSSR count). The zero-order valence-corrected chi connectivity index (χ0v) is 9.91. The summed E-state index contributed by atoms with van der Waals surface area (Å²) in [6, 6.07) is 11.7. The molecule has 0 radical (unpaired) electrons. The topological polar surface area (TPSA) is 17.8 Å². The van der Waals surface area contributed by atoms with Crippen LogP contribution < -0.4 is 0 Å². The molecule has 0 amide bonds. The summed E-state index contributed by atoms with van der Waals surface area (Å²) in [4.78, 5) is 0. The second-order valence-corrected chi connectivity index (χ2v) is 4.54. The van der Waals surface area contributed by atoms with E-state index in [0.29, 0.717) is 0 Å². The molecule has 2 nitrogen and oxygen atoms in total.